The Morgan fingerprint density at radius 1 is 1.05 bits per heavy atom. The van der Waals surface area contributed by atoms with Gasteiger partial charge in [0.1, 0.15) is 5.75 Å². The van der Waals surface area contributed by atoms with Crippen LogP contribution in [0, 0.1) is 6.92 Å². The number of hydrogen-bond acceptors (Lipinski definition) is 2. The van der Waals surface area contributed by atoms with Crippen molar-refractivity contribution < 1.29 is 22.7 Å². The van der Waals surface area contributed by atoms with Crippen LogP contribution in [0.3, 0.4) is 0 Å². The maximum atomic E-state index is 12.3. The number of carbonyl (C=O) groups excluding carboxylic acids is 1. The number of halogens is 3. The zero-order chi connectivity index (χ0) is 14.8. The molecule has 0 atom stereocenters. The minimum Gasteiger partial charge on any atom is -0.405 e. The van der Waals surface area contributed by atoms with Crippen LogP contribution in [0.1, 0.15) is 21.5 Å². The van der Waals surface area contributed by atoms with E-state index in [-0.39, 0.29) is 5.56 Å². The van der Waals surface area contributed by atoms with Gasteiger partial charge in [0, 0.05) is 5.56 Å². The molecule has 104 valence electrons. The first kappa shape index (κ1) is 14.1. The van der Waals surface area contributed by atoms with E-state index in [1.165, 1.54) is 18.2 Å². The van der Waals surface area contributed by atoms with Gasteiger partial charge >= 0.3 is 6.36 Å². The minimum absolute atomic E-state index is 0.115. The average Bonchev–Trinajstić information content (AvgIpc) is 2.37. The van der Waals surface area contributed by atoms with Crippen LogP contribution in [-0.2, 0) is 0 Å². The van der Waals surface area contributed by atoms with Crippen LogP contribution < -0.4 is 4.74 Å². The average molecular weight is 280 g/mol. The maximum Gasteiger partial charge on any atom is 0.573 e. The van der Waals surface area contributed by atoms with Gasteiger partial charge in [-0.3, -0.25) is 4.79 Å². The molecule has 0 aromatic heterocycles. The molecule has 0 aliphatic rings. The van der Waals surface area contributed by atoms with Gasteiger partial charge in [-0.1, -0.05) is 35.9 Å². The molecule has 0 amide bonds. The summed E-state index contributed by atoms with van der Waals surface area (Å²) in [6.07, 6.45) is -4.83. The summed E-state index contributed by atoms with van der Waals surface area (Å²) in [6.45, 7) is 1.80. The second-order valence-electron chi connectivity index (χ2n) is 4.24. The number of hydrogen-bond donors (Lipinski definition) is 0. The van der Waals surface area contributed by atoms with Crippen LogP contribution in [0.5, 0.6) is 5.75 Å². The Labute approximate surface area is 113 Å². The molecular weight excluding hydrogens is 269 g/mol. The number of benzene rings is 2. The van der Waals surface area contributed by atoms with E-state index in [0.29, 0.717) is 5.56 Å². The Morgan fingerprint density at radius 2 is 1.75 bits per heavy atom. The summed E-state index contributed by atoms with van der Waals surface area (Å²) in [6, 6.07) is 12.0. The summed E-state index contributed by atoms with van der Waals surface area (Å²) in [7, 11) is 0. The van der Waals surface area contributed by atoms with Crippen molar-refractivity contribution in [3.63, 3.8) is 0 Å². The molecule has 0 aliphatic carbocycles. The quantitative estimate of drug-likeness (QED) is 0.790. The van der Waals surface area contributed by atoms with E-state index < -0.39 is 17.9 Å². The molecule has 2 nitrogen and oxygen atoms in total. The third-order valence-electron chi connectivity index (χ3n) is 2.64. The van der Waals surface area contributed by atoms with Crippen LogP contribution in [0.25, 0.3) is 0 Å². The van der Waals surface area contributed by atoms with E-state index in [2.05, 4.69) is 4.74 Å². The third kappa shape index (κ3) is 3.38. The molecule has 0 bridgehead atoms. The fraction of sp³-hybridized carbons (Fsp3) is 0.133. The molecule has 0 radical (unpaired) electrons. The zero-order valence-electron chi connectivity index (χ0n) is 10.6. The van der Waals surface area contributed by atoms with Crippen molar-refractivity contribution in [1.82, 2.24) is 0 Å². The number of ketones is 1. The molecule has 2 aromatic rings. The fourth-order valence-electron chi connectivity index (χ4n) is 1.81. The molecular formula is C15H11F3O2. The van der Waals surface area contributed by atoms with Crippen LogP contribution >= 0.6 is 0 Å². The molecule has 0 spiro atoms. The van der Waals surface area contributed by atoms with E-state index in [4.69, 9.17) is 0 Å². The lowest BCUT2D eigenvalue weighted by atomic mass is 10.0. The van der Waals surface area contributed by atoms with Crippen LogP contribution in [0.4, 0.5) is 13.2 Å². The molecule has 5 heteroatoms. The SMILES string of the molecule is Cc1cccc(C(=O)c2ccccc2OC(F)(F)F)c1. The van der Waals surface area contributed by atoms with Crippen LogP contribution in [0.2, 0.25) is 0 Å². The first-order chi connectivity index (χ1) is 9.37. The minimum atomic E-state index is -4.83. The van der Waals surface area contributed by atoms with Gasteiger partial charge < -0.3 is 4.74 Å². The Morgan fingerprint density at radius 3 is 2.40 bits per heavy atom. The second kappa shape index (κ2) is 5.36. The lowest BCUT2D eigenvalue weighted by molar-refractivity contribution is -0.274. The van der Waals surface area contributed by atoms with E-state index in [1.54, 1.807) is 31.2 Å². The summed E-state index contributed by atoms with van der Waals surface area (Å²) >= 11 is 0. The molecule has 2 aromatic carbocycles. The van der Waals surface area contributed by atoms with Gasteiger partial charge in [0.15, 0.2) is 5.78 Å². The predicted molar refractivity (Wildman–Crippen MR) is 67.7 cm³/mol. The van der Waals surface area contributed by atoms with Gasteiger partial charge in [-0.25, -0.2) is 0 Å². The molecule has 20 heavy (non-hydrogen) atoms. The highest BCUT2D eigenvalue weighted by molar-refractivity contribution is 6.10. The predicted octanol–water partition coefficient (Wildman–Crippen LogP) is 4.12. The highest BCUT2D eigenvalue weighted by Gasteiger charge is 2.32. The normalized spacial score (nSPS) is 11.2. The van der Waals surface area contributed by atoms with Crippen molar-refractivity contribution in [3.05, 3.63) is 65.2 Å². The standard InChI is InChI=1S/C15H11F3O2/c1-10-5-4-6-11(9-10)14(19)12-7-2-3-8-13(12)20-15(16,17)18/h2-9H,1H3. The maximum absolute atomic E-state index is 12.3. The van der Waals surface area contributed by atoms with Crippen molar-refractivity contribution in [2.75, 3.05) is 0 Å². The lowest BCUT2D eigenvalue weighted by Crippen LogP contribution is -2.19. The van der Waals surface area contributed by atoms with Gasteiger partial charge in [-0.2, -0.15) is 0 Å². The van der Waals surface area contributed by atoms with Gasteiger partial charge in [0.25, 0.3) is 0 Å². The van der Waals surface area contributed by atoms with Gasteiger partial charge in [0.05, 0.1) is 5.56 Å². The van der Waals surface area contributed by atoms with E-state index in [1.807, 2.05) is 0 Å². The summed E-state index contributed by atoms with van der Waals surface area (Å²) in [4.78, 5) is 12.3. The Kier molecular flexibility index (Phi) is 3.79. The fourth-order valence-corrected chi connectivity index (χ4v) is 1.81. The number of carbonyl (C=O) groups is 1. The monoisotopic (exact) mass is 280 g/mol. The number of ether oxygens (including phenoxy) is 1. The first-order valence-electron chi connectivity index (χ1n) is 5.83. The molecule has 0 heterocycles. The van der Waals surface area contributed by atoms with Gasteiger partial charge in [-0.15, -0.1) is 13.2 Å². The van der Waals surface area contributed by atoms with Crippen LogP contribution in [-0.4, -0.2) is 12.1 Å². The number of aryl methyl sites for hydroxylation is 1. The Hall–Kier alpha value is -2.30. The van der Waals surface area contributed by atoms with Crippen molar-refractivity contribution >= 4 is 5.78 Å². The molecule has 2 rings (SSSR count). The highest BCUT2D eigenvalue weighted by atomic mass is 19.4. The zero-order valence-corrected chi connectivity index (χ0v) is 10.6. The van der Waals surface area contributed by atoms with Crippen molar-refractivity contribution in [2.45, 2.75) is 13.3 Å². The summed E-state index contributed by atoms with van der Waals surface area (Å²) in [5.74, 6) is -1.000. The molecule has 0 fully saturated rings. The molecule has 0 aliphatic heterocycles. The van der Waals surface area contributed by atoms with E-state index in [9.17, 15) is 18.0 Å². The summed E-state index contributed by atoms with van der Waals surface area (Å²) in [5.41, 5.74) is 1.06. The summed E-state index contributed by atoms with van der Waals surface area (Å²) in [5, 5.41) is 0. The van der Waals surface area contributed by atoms with Crippen molar-refractivity contribution in [3.8, 4) is 5.75 Å². The molecule has 0 saturated carbocycles. The smallest absolute Gasteiger partial charge is 0.405 e. The van der Waals surface area contributed by atoms with E-state index in [0.717, 1.165) is 11.6 Å². The number of alkyl halides is 3. The largest absolute Gasteiger partial charge is 0.573 e. The van der Waals surface area contributed by atoms with Crippen molar-refractivity contribution in [1.29, 1.82) is 0 Å². The van der Waals surface area contributed by atoms with Gasteiger partial charge in [-0.05, 0) is 25.1 Å². The lowest BCUT2D eigenvalue weighted by Gasteiger charge is -2.12. The highest BCUT2D eigenvalue weighted by Crippen LogP contribution is 2.28. The number of para-hydroxylation sites is 1. The Bertz CT molecular complexity index is 633. The molecule has 0 saturated heterocycles. The van der Waals surface area contributed by atoms with E-state index >= 15 is 0 Å². The number of rotatable bonds is 3. The van der Waals surface area contributed by atoms with Crippen molar-refractivity contribution in [2.24, 2.45) is 0 Å². The first-order valence-corrected chi connectivity index (χ1v) is 5.83. The third-order valence-corrected chi connectivity index (χ3v) is 2.64. The topological polar surface area (TPSA) is 26.3 Å². The second-order valence-corrected chi connectivity index (χ2v) is 4.24. The molecule has 0 N–H and O–H groups in total. The summed E-state index contributed by atoms with van der Waals surface area (Å²) < 4.78 is 40.8. The van der Waals surface area contributed by atoms with Gasteiger partial charge in [0.2, 0.25) is 0 Å². The van der Waals surface area contributed by atoms with Crippen LogP contribution in [0.15, 0.2) is 48.5 Å². The Balaban J connectivity index is 2.40. The molecule has 0 unspecified atom stereocenters.